The molecule has 1 aliphatic heterocycles. The standard InChI is InChI=1S/C22H24FN3O3/c1-15(27)24-19-6-8-20(9-7-19)25-21(28)22(29)26-12-10-17(11-13-26)14-16-2-4-18(23)5-3-16/h2-9,17H,10-14H2,1H3,(H,24,27)(H,25,28). The Balaban J connectivity index is 1.47. The van der Waals surface area contributed by atoms with Crippen molar-refractivity contribution < 1.29 is 18.8 Å². The average molecular weight is 397 g/mol. The first-order chi connectivity index (χ1) is 13.9. The molecule has 1 aliphatic rings. The Morgan fingerprint density at radius 3 is 2.03 bits per heavy atom. The van der Waals surface area contributed by atoms with Gasteiger partial charge in [-0.2, -0.15) is 0 Å². The zero-order chi connectivity index (χ0) is 20.8. The number of piperidine rings is 1. The summed E-state index contributed by atoms with van der Waals surface area (Å²) >= 11 is 0. The van der Waals surface area contributed by atoms with Crippen molar-refractivity contribution in [2.24, 2.45) is 5.92 Å². The number of hydrogen-bond donors (Lipinski definition) is 2. The van der Waals surface area contributed by atoms with Crippen molar-refractivity contribution in [3.8, 4) is 0 Å². The number of anilines is 2. The van der Waals surface area contributed by atoms with Crippen LogP contribution in [0.2, 0.25) is 0 Å². The molecule has 0 atom stereocenters. The maximum atomic E-state index is 13.0. The highest BCUT2D eigenvalue weighted by Crippen LogP contribution is 2.22. The first-order valence-corrected chi connectivity index (χ1v) is 9.63. The molecule has 0 bridgehead atoms. The average Bonchev–Trinajstić information content (AvgIpc) is 2.71. The van der Waals surface area contributed by atoms with Gasteiger partial charge in [0.1, 0.15) is 5.82 Å². The van der Waals surface area contributed by atoms with Crippen LogP contribution in [0.3, 0.4) is 0 Å². The number of rotatable bonds is 4. The lowest BCUT2D eigenvalue weighted by Gasteiger charge is -2.31. The lowest BCUT2D eigenvalue weighted by atomic mass is 9.90. The number of nitrogens with zero attached hydrogens (tertiary/aromatic N) is 1. The summed E-state index contributed by atoms with van der Waals surface area (Å²) in [4.78, 5) is 37.3. The van der Waals surface area contributed by atoms with Crippen LogP contribution in [0.15, 0.2) is 48.5 Å². The summed E-state index contributed by atoms with van der Waals surface area (Å²) < 4.78 is 13.0. The molecule has 7 heteroatoms. The Morgan fingerprint density at radius 1 is 0.931 bits per heavy atom. The van der Waals surface area contributed by atoms with Gasteiger partial charge in [0, 0.05) is 31.4 Å². The van der Waals surface area contributed by atoms with Crippen LogP contribution in [0.5, 0.6) is 0 Å². The molecule has 3 amide bonds. The van der Waals surface area contributed by atoms with Crippen LogP contribution in [0.25, 0.3) is 0 Å². The molecule has 6 nitrogen and oxygen atoms in total. The van der Waals surface area contributed by atoms with E-state index in [2.05, 4.69) is 10.6 Å². The number of likely N-dealkylation sites (tertiary alicyclic amines) is 1. The summed E-state index contributed by atoms with van der Waals surface area (Å²) in [6.45, 7) is 2.47. The number of halogens is 1. The molecule has 3 rings (SSSR count). The van der Waals surface area contributed by atoms with Crippen molar-refractivity contribution in [1.29, 1.82) is 0 Å². The zero-order valence-corrected chi connectivity index (χ0v) is 16.3. The Kier molecular flexibility index (Phi) is 6.59. The summed E-state index contributed by atoms with van der Waals surface area (Å²) in [6, 6.07) is 13.1. The quantitative estimate of drug-likeness (QED) is 0.778. The number of carbonyl (C=O) groups is 3. The zero-order valence-electron chi connectivity index (χ0n) is 16.3. The largest absolute Gasteiger partial charge is 0.334 e. The first-order valence-electron chi connectivity index (χ1n) is 9.63. The smallest absolute Gasteiger partial charge is 0.313 e. The fourth-order valence-corrected chi connectivity index (χ4v) is 3.46. The number of hydrogen-bond acceptors (Lipinski definition) is 3. The van der Waals surface area contributed by atoms with E-state index in [1.54, 1.807) is 41.3 Å². The first kappa shape index (κ1) is 20.5. The fraction of sp³-hybridized carbons (Fsp3) is 0.318. The number of benzene rings is 2. The maximum absolute atomic E-state index is 13.0. The van der Waals surface area contributed by atoms with E-state index in [1.807, 2.05) is 0 Å². The van der Waals surface area contributed by atoms with E-state index in [0.29, 0.717) is 30.4 Å². The summed E-state index contributed by atoms with van der Waals surface area (Å²) in [5.74, 6) is -1.23. The second-order valence-electron chi connectivity index (χ2n) is 7.28. The molecule has 0 radical (unpaired) electrons. The third kappa shape index (κ3) is 5.88. The maximum Gasteiger partial charge on any atom is 0.313 e. The molecule has 0 unspecified atom stereocenters. The van der Waals surface area contributed by atoms with Gasteiger partial charge in [-0.25, -0.2) is 4.39 Å². The molecular formula is C22H24FN3O3. The second kappa shape index (κ2) is 9.32. The summed E-state index contributed by atoms with van der Waals surface area (Å²) in [6.07, 6.45) is 2.46. The number of nitrogens with one attached hydrogen (secondary N) is 2. The second-order valence-corrected chi connectivity index (χ2v) is 7.28. The molecule has 0 aliphatic carbocycles. The van der Waals surface area contributed by atoms with Gasteiger partial charge in [-0.05, 0) is 67.1 Å². The van der Waals surface area contributed by atoms with E-state index in [9.17, 15) is 18.8 Å². The summed E-state index contributed by atoms with van der Waals surface area (Å²) in [7, 11) is 0. The van der Waals surface area contributed by atoms with Gasteiger partial charge < -0.3 is 15.5 Å². The summed E-state index contributed by atoms with van der Waals surface area (Å²) in [5, 5.41) is 5.24. The Morgan fingerprint density at radius 2 is 1.48 bits per heavy atom. The fourth-order valence-electron chi connectivity index (χ4n) is 3.46. The Bertz CT molecular complexity index is 873. The van der Waals surface area contributed by atoms with Gasteiger partial charge in [-0.1, -0.05) is 12.1 Å². The van der Waals surface area contributed by atoms with Crippen molar-refractivity contribution >= 4 is 29.1 Å². The normalized spacial score (nSPS) is 14.3. The molecule has 1 saturated heterocycles. The van der Waals surface area contributed by atoms with E-state index >= 15 is 0 Å². The van der Waals surface area contributed by atoms with Gasteiger partial charge in [0.25, 0.3) is 0 Å². The van der Waals surface area contributed by atoms with E-state index < -0.39 is 11.8 Å². The van der Waals surface area contributed by atoms with Crippen molar-refractivity contribution in [2.45, 2.75) is 26.2 Å². The lowest BCUT2D eigenvalue weighted by molar-refractivity contribution is -0.144. The highest BCUT2D eigenvalue weighted by molar-refractivity contribution is 6.39. The van der Waals surface area contributed by atoms with Crippen LogP contribution >= 0.6 is 0 Å². The van der Waals surface area contributed by atoms with Gasteiger partial charge in [0.15, 0.2) is 0 Å². The van der Waals surface area contributed by atoms with E-state index in [4.69, 9.17) is 0 Å². The van der Waals surface area contributed by atoms with Crippen LogP contribution in [0.4, 0.5) is 15.8 Å². The van der Waals surface area contributed by atoms with Crippen LogP contribution in [0, 0.1) is 11.7 Å². The van der Waals surface area contributed by atoms with Gasteiger partial charge in [-0.3, -0.25) is 14.4 Å². The SMILES string of the molecule is CC(=O)Nc1ccc(NC(=O)C(=O)N2CCC(Cc3ccc(F)cc3)CC2)cc1. The summed E-state index contributed by atoms with van der Waals surface area (Å²) in [5.41, 5.74) is 2.19. The predicted molar refractivity (Wildman–Crippen MR) is 109 cm³/mol. The van der Waals surface area contributed by atoms with Crippen LogP contribution in [0.1, 0.15) is 25.3 Å². The molecule has 29 heavy (non-hydrogen) atoms. The minimum absolute atomic E-state index is 0.181. The molecule has 2 N–H and O–H groups in total. The van der Waals surface area contributed by atoms with Crippen molar-refractivity contribution in [1.82, 2.24) is 4.90 Å². The van der Waals surface area contributed by atoms with Gasteiger partial charge in [0.05, 0.1) is 0 Å². The van der Waals surface area contributed by atoms with Crippen LogP contribution in [-0.2, 0) is 20.8 Å². The van der Waals surface area contributed by atoms with Crippen LogP contribution < -0.4 is 10.6 Å². The third-order valence-corrected chi connectivity index (χ3v) is 5.00. The van der Waals surface area contributed by atoms with E-state index in [0.717, 1.165) is 24.8 Å². The van der Waals surface area contributed by atoms with Crippen LogP contribution in [-0.4, -0.2) is 35.7 Å². The molecule has 152 valence electrons. The number of carbonyl (C=O) groups excluding carboxylic acids is 3. The Labute approximate surface area is 169 Å². The minimum Gasteiger partial charge on any atom is -0.334 e. The highest BCUT2D eigenvalue weighted by atomic mass is 19.1. The lowest BCUT2D eigenvalue weighted by Crippen LogP contribution is -2.44. The molecule has 1 heterocycles. The molecule has 0 aromatic heterocycles. The Hall–Kier alpha value is -3.22. The molecular weight excluding hydrogens is 373 g/mol. The molecule has 2 aromatic carbocycles. The molecule has 0 saturated carbocycles. The molecule has 2 aromatic rings. The van der Waals surface area contributed by atoms with Crippen molar-refractivity contribution in [3.05, 3.63) is 59.9 Å². The highest BCUT2D eigenvalue weighted by Gasteiger charge is 2.27. The number of amides is 3. The van der Waals surface area contributed by atoms with E-state index in [-0.39, 0.29) is 11.7 Å². The minimum atomic E-state index is -0.672. The van der Waals surface area contributed by atoms with Crippen molar-refractivity contribution in [2.75, 3.05) is 23.7 Å². The predicted octanol–water partition coefficient (Wildman–Crippen LogP) is 3.20. The van der Waals surface area contributed by atoms with E-state index in [1.165, 1.54) is 19.1 Å². The van der Waals surface area contributed by atoms with Gasteiger partial charge >= 0.3 is 11.8 Å². The topological polar surface area (TPSA) is 78.5 Å². The third-order valence-electron chi connectivity index (χ3n) is 5.00. The molecule has 1 fully saturated rings. The molecule has 0 spiro atoms. The van der Waals surface area contributed by atoms with Gasteiger partial charge in [-0.15, -0.1) is 0 Å². The van der Waals surface area contributed by atoms with Gasteiger partial charge in [0.2, 0.25) is 5.91 Å². The van der Waals surface area contributed by atoms with Crippen molar-refractivity contribution in [3.63, 3.8) is 0 Å². The monoisotopic (exact) mass is 397 g/mol.